The molecule has 0 aliphatic heterocycles. The molecule has 154 valence electrons. The van der Waals surface area contributed by atoms with Gasteiger partial charge in [-0.2, -0.15) is 5.10 Å². The smallest absolute Gasteiger partial charge is 0.240 e. The van der Waals surface area contributed by atoms with Crippen LogP contribution in [0.1, 0.15) is 29.5 Å². The molecule has 0 saturated carbocycles. The van der Waals surface area contributed by atoms with Crippen LogP contribution in [-0.2, 0) is 9.59 Å². The minimum atomic E-state index is -0.320. The van der Waals surface area contributed by atoms with Crippen LogP contribution in [0.4, 0.5) is 5.69 Å². The predicted molar refractivity (Wildman–Crippen MR) is 120 cm³/mol. The second-order valence-electron chi connectivity index (χ2n) is 7.04. The zero-order valence-corrected chi connectivity index (χ0v) is 17.4. The third kappa shape index (κ3) is 5.23. The minimum absolute atomic E-state index is 0.0530. The van der Waals surface area contributed by atoms with E-state index >= 15 is 0 Å². The average Bonchev–Trinajstić information content (AvgIpc) is 2.75. The number of hydrogen-bond donors (Lipinski definition) is 2. The molecule has 0 atom stereocenters. The molecule has 0 aliphatic carbocycles. The van der Waals surface area contributed by atoms with Gasteiger partial charge in [-0.15, -0.1) is 0 Å². The number of methoxy groups -OCH3 is 1. The number of carbonyl (C=O) groups excluding carboxylic acids is 2. The number of fused-ring (bicyclic) bond motifs is 1. The van der Waals surface area contributed by atoms with Crippen molar-refractivity contribution in [1.82, 2.24) is 5.43 Å². The Morgan fingerprint density at radius 2 is 1.67 bits per heavy atom. The molecule has 0 spiro atoms. The van der Waals surface area contributed by atoms with E-state index in [1.54, 1.807) is 13.3 Å². The largest absolute Gasteiger partial charge is 0.496 e. The molecular weight excluding hydrogens is 378 g/mol. The van der Waals surface area contributed by atoms with Gasteiger partial charge in [0.05, 0.1) is 13.3 Å². The van der Waals surface area contributed by atoms with Crippen LogP contribution in [0.2, 0.25) is 0 Å². The van der Waals surface area contributed by atoms with Crippen LogP contribution in [0.25, 0.3) is 10.8 Å². The third-order valence-electron chi connectivity index (χ3n) is 4.90. The molecule has 0 bridgehead atoms. The van der Waals surface area contributed by atoms with E-state index in [-0.39, 0.29) is 24.7 Å². The molecule has 0 unspecified atom stereocenters. The molecular formula is C24H25N3O3. The Morgan fingerprint density at radius 1 is 0.933 bits per heavy atom. The lowest BCUT2D eigenvalue weighted by molar-refractivity contribution is -0.124. The van der Waals surface area contributed by atoms with Gasteiger partial charge in [-0.1, -0.05) is 30.3 Å². The van der Waals surface area contributed by atoms with E-state index < -0.39 is 0 Å². The van der Waals surface area contributed by atoms with E-state index in [2.05, 4.69) is 15.8 Å². The normalized spacial score (nSPS) is 10.9. The number of benzene rings is 3. The zero-order valence-electron chi connectivity index (χ0n) is 17.4. The van der Waals surface area contributed by atoms with Crippen molar-refractivity contribution in [2.24, 2.45) is 5.10 Å². The number of aryl methyl sites for hydroxylation is 2. The standard InChI is InChI=1S/C24H25N3O3/c1-16-8-10-19(14-17(16)2)26-23(28)12-13-24(29)27-25-15-18-9-11-22(30-3)21-7-5-4-6-20(18)21/h4-11,14-15H,12-13H2,1-3H3,(H,26,28)(H,27,29)/b25-15+. The van der Waals surface area contributed by atoms with E-state index in [1.807, 2.05) is 68.4 Å². The maximum absolute atomic E-state index is 12.1. The van der Waals surface area contributed by atoms with Gasteiger partial charge in [0.25, 0.3) is 0 Å². The Kier molecular flexibility index (Phi) is 6.80. The van der Waals surface area contributed by atoms with Gasteiger partial charge in [0, 0.05) is 29.5 Å². The molecule has 2 N–H and O–H groups in total. The number of hydrogen-bond acceptors (Lipinski definition) is 4. The van der Waals surface area contributed by atoms with E-state index in [1.165, 1.54) is 0 Å². The molecule has 0 heterocycles. The first-order valence-corrected chi connectivity index (χ1v) is 9.72. The first-order chi connectivity index (χ1) is 14.5. The molecule has 0 saturated heterocycles. The van der Waals surface area contributed by atoms with Gasteiger partial charge in [-0.3, -0.25) is 9.59 Å². The number of hydrazone groups is 1. The Hall–Kier alpha value is -3.67. The summed E-state index contributed by atoms with van der Waals surface area (Å²) in [6.45, 7) is 4.00. The second kappa shape index (κ2) is 9.69. The summed E-state index contributed by atoms with van der Waals surface area (Å²) in [5, 5.41) is 8.79. The van der Waals surface area contributed by atoms with Crippen LogP contribution in [0.5, 0.6) is 5.75 Å². The monoisotopic (exact) mass is 403 g/mol. The van der Waals surface area contributed by atoms with Crippen molar-refractivity contribution >= 4 is 34.5 Å². The van der Waals surface area contributed by atoms with Crippen molar-refractivity contribution in [3.8, 4) is 5.75 Å². The second-order valence-corrected chi connectivity index (χ2v) is 7.04. The zero-order chi connectivity index (χ0) is 21.5. The van der Waals surface area contributed by atoms with Crippen LogP contribution in [0.15, 0.2) is 59.7 Å². The van der Waals surface area contributed by atoms with E-state index in [9.17, 15) is 9.59 Å². The number of ether oxygens (including phenoxy) is 1. The molecule has 3 aromatic carbocycles. The highest BCUT2D eigenvalue weighted by atomic mass is 16.5. The Labute approximate surface area is 175 Å². The topological polar surface area (TPSA) is 79.8 Å². The quantitative estimate of drug-likeness (QED) is 0.455. The van der Waals surface area contributed by atoms with Gasteiger partial charge in [0.15, 0.2) is 0 Å². The molecule has 0 aliphatic rings. The van der Waals surface area contributed by atoms with Crippen molar-refractivity contribution < 1.29 is 14.3 Å². The maximum Gasteiger partial charge on any atom is 0.240 e. The van der Waals surface area contributed by atoms with Crippen molar-refractivity contribution in [2.75, 3.05) is 12.4 Å². The molecule has 3 rings (SSSR count). The van der Waals surface area contributed by atoms with Crippen LogP contribution in [0, 0.1) is 13.8 Å². The lowest BCUT2D eigenvalue weighted by Gasteiger charge is -2.08. The first kappa shape index (κ1) is 21.0. The van der Waals surface area contributed by atoms with Crippen molar-refractivity contribution in [3.05, 3.63) is 71.3 Å². The van der Waals surface area contributed by atoms with Crippen LogP contribution in [0.3, 0.4) is 0 Å². The van der Waals surface area contributed by atoms with Crippen molar-refractivity contribution in [3.63, 3.8) is 0 Å². The fourth-order valence-electron chi connectivity index (χ4n) is 3.08. The number of rotatable bonds is 7. The highest BCUT2D eigenvalue weighted by Gasteiger charge is 2.08. The Bertz CT molecular complexity index is 1110. The first-order valence-electron chi connectivity index (χ1n) is 9.72. The van der Waals surface area contributed by atoms with Gasteiger partial charge in [-0.05, 0) is 54.6 Å². The van der Waals surface area contributed by atoms with E-state index in [0.29, 0.717) is 0 Å². The SMILES string of the molecule is COc1ccc(/C=N/NC(=O)CCC(=O)Nc2ccc(C)c(C)c2)c2ccccc12. The molecule has 0 fully saturated rings. The predicted octanol–water partition coefficient (Wildman–Crippen LogP) is 4.33. The fourth-order valence-corrected chi connectivity index (χ4v) is 3.08. The fraction of sp³-hybridized carbons (Fsp3) is 0.208. The van der Waals surface area contributed by atoms with Crippen molar-refractivity contribution in [2.45, 2.75) is 26.7 Å². The molecule has 6 nitrogen and oxygen atoms in total. The van der Waals surface area contributed by atoms with Crippen molar-refractivity contribution in [1.29, 1.82) is 0 Å². The Balaban J connectivity index is 1.53. The van der Waals surface area contributed by atoms with E-state index in [0.717, 1.165) is 38.9 Å². The van der Waals surface area contributed by atoms with Gasteiger partial charge < -0.3 is 10.1 Å². The lowest BCUT2D eigenvalue weighted by atomic mass is 10.0. The summed E-state index contributed by atoms with van der Waals surface area (Å²) < 4.78 is 5.38. The summed E-state index contributed by atoms with van der Waals surface area (Å²) in [4.78, 5) is 24.1. The number of nitrogens with one attached hydrogen (secondary N) is 2. The molecule has 0 aromatic heterocycles. The summed E-state index contributed by atoms with van der Waals surface area (Å²) in [6, 6.07) is 17.3. The summed E-state index contributed by atoms with van der Waals surface area (Å²) >= 11 is 0. The average molecular weight is 403 g/mol. The third-order valence-corrected chi connectivity index (χ3v) is 4.90. The number of anilines is 1. The summed E-state index contributed by atoms with van der Waals surface area (Å²) in [5.74, 6) is 0.249. The Morgan fingerprint density at radius 3 is 2.40 bits per heavy atom. The van der Waals surface area contributed by atoms with Gasteiger partial charge >= 0.3 is 0 Å². The number of nitrogens with zero attached hydrogens (tertiary/aromatic N) is 1. The van der Waals surface area contributed by atoms with Gasteiger partial charge in [-0.25, -0.2) is 5.43 Å². The van der Waals surface area contributed by atoms with E-state index in [4.69, 9.17) is 4.74 Å². The summed E-state index contributed by atoms with van der Waals surface area (Å²) in [6.07, 6.45) is 1.73. The highest BCUT2D eigenvalue weighted by Crippen LogP contribution is 2.27. The summed E-state index contributed by atoms with van der Waals surface area (Å²) in [5.41, 5.74) is 6.33. The summed E-state index contributed by atoms with van der Waals surface area (Å²) in [7, 11) is 1.63. The highest BCUT2D eigenvalue weighted by molar-refractivity contribution is 6.02. The number of amides is 2. The van der Waals surface area contributed by atoms with Crippen LogP contribution < -0.4 is 15.5 Å². The van der Waals surface area contributed by atoms with Gasteiger partial charge in [0.2, 0.25) is 11.8 Å². The van der Waals surface area contributed by atoms with Gasteiger partial charge in [0.1, 0.15) is 5.75 Å². The molecule has 2 amide bonds. The molecule has 6 heteroatoms. The maximum atomic E-state index is 12.1. The van der Waals surface area contributed by atoms with Crippen LogP contribution in [-0.4, -0.2) is 25.1 Å². The molecule has 0 radical (unpaired) electrons. The molecule has 3 aromatic rings. The number of carbonyl (C=O) groups is 2. The lowest BCUT2D eigenvalue weighted by Crippen LogP contribution is -2.20. The van der Waals surface area contributed by atoms with Crippen LogP contribution >= 0.6 is 0 Å². The molecule has 30 heavy (non-hydrogen) atoms. The minimum Gasteiger partial charge on any atom is -0.496 e.